The van der Waals surface area contributed by atoms with Crippen LogP contribution in [0.3, 0.4) is 0 Å². The fourth-order valence-electron chi connectivity index (χ4n) is 23.5. The number of benzene rings is 19. The van der Waals surface area contributed by atoms with E-state index in [0.717, 1.165) is 145 Å². The molecule has 19 aromatic carbocycles. The Morgan fingerprint density at radius 1 is 0.250 bits per heavy atom. The third kappa shape index (κ3) is 11.4. The molecule has 0 N–H and O–H groups in total. The van der Waals surface area contributed by atoms with Crippen LogP contribution in [0, 0.1) is 0 Å². The van der Waals surface area contributed by atoms with Crippen LogP contribution in [-0.4, -0.2) is 18.0 Å². The maximum Gasteiger partial charge on any atom is 0.252 e. The molecule has 26 rings (SSSR count). The molecule has 626 valence electrons. The highest BCUT2D eigenvalue weighted by molar-refractivity contribution is 7.03. The molecule has 5 nitrogen and oxygen atoms in total. The lowest BCUT2D eigenvalue weighted by molar-refractivity contribution is 0.590. The van der Waals surface area contributed by atoms with Crippen molar-refractivity contribution in [2.24, 2.45) is 0 Å². The minimum Gasteiger partial charge on any atom is -0.311 e. The van der Waals surface area contributed by atoms with Gasteiger partial charge in [0, 0.05) is 84.2 Å². The van der Waals surface area contributed by atoms with Crippen molar-refractivity contribution in [1.29, 1.82) is 0 Å². The van der Waals surface area contributed by atoms with E-state index in [2.05, 4.69) is 457 Å². The lowest BCUT2D eigenvalue weighted by atomic mass is 9.30. The van der Waals surface area contributed by atoms with Gasteiger partial charge in [-0.3, -0.25) is 0 Å². The van der Waals surface area contributed by atoms with Gasteiger partial charge in [-0.25, -0.2) is 0 Å². The summed E-state index contributed by atoms with van der Waals surface area (Å²) < 4.78 is 48.5. The standard InChI is InChI=1S/C125H95B2N5/c1-122(2,3)84-61-66-108-99(70-84)100-71-85(123(4,5)6)62-67-109(100)130(108)90-74-115-118-116(75-90)132(120-97(80-38-17-11-18-39-80)72-86(124(7,8)9)73-98(120)81-40-19-12-20-41-81)111-57-34-32-55-105(111)126(118)106-76-107-113(77-112(106)129(115)89-63-58-79(59-64-89)78-36-15-10-16-37-78)128(87-42-21-13-22-43-87)114-69-83-68-82(60-65-92(83)121-119(114)127(107)104-54-31-33-56-110(104)131(121)88-44-23-14-24-45-88)91-49-35-50-96-95-48-27-30-53-103(95)125(117(91)96)101-51-28-25-46-93(101)94-47-26-29-52-102(94)125/h10-77H,1-9H3/i10D,15D,16D,36D,37D. The molecule has 0 bridgehead atoms. The van der Waals surface area contributed by atoms with Crippen molar-refractivity contribution >= 4 is 147 Å². The molecule has 132 heavy (non-hydrogen) atoms. The molecule has 0 saturated carbocycles. The van der Waals surface area contributed by atoms with E-state index in [9.17, 15) is 2.74 Å². The molecule has 7 heteroatoms. The highest BCUT2D eigenvalue weighted by Gasteiger charge is 2.54. The van der Waals surface area contributed by atoms with Crippen LogP contribution in [0.1, 0.15) is 108 Å². The second-order valence-electron chi connectivity index (χ2n) is 39.8. The smallest absolute Gasteiger partial charge is 0.252 e. The molecule has 20 aromatic rings. The first kappa shape index (κ1) is 72.5. The Balaban J connectivity index is 0.793. The van der Waals surface area contributed by atoms with Crippen LogP contribution in [-0.2, 0) is 21.7 Å². The van der Waals surface area contributed by atoms with Gasteiger partial charge < -0.3 is 24.2 Å². The van der Waals surface area contributed by atoms with E-state index in [1.807, 2.05) is 12.1 Å². The molecular weight excluding hydrogens is 1590 g/mol. The summed E-state index contributed by atoms with van der Waals surface area (Å²) in [5.74, 6) is 0. The summed E-state index contributed by atoms with van der Waals surface area (Å²) in [6, 6.07) is 143. The first-order valence-corrected chi connectivity index (χ1v) is 46.4. The second kappa shape index (κ2) is 28.8. The van der Waals surface area contributed by atoms with Crippen LogP contribution in [0.2, 0.25) is 0 Å². The van der Waals surface area contributed by atoms with Crippen LogP contribution < -0.4 is 52.4 Å². The Labute approximate surface area is 780 Å². The van der Waals surface area contributed by atoms with E-state index in [1.165, 1.54) is 88.5 Å². The maximum atomic E-state index is 9.51. The lowest BCUT2D eigenvalue weighted by Gasteiger charge is -2.48. The average molecular weight is 1690 g/mol. The van der Waals surface area contributed by atoms with Gasteiger partial charge in [-0.2, -0.15) is 0 Å². The summed E-state index contributed by atoms with van der Waals surface area (Å²) in [6.07, 6.45) is 0. The molecule has 2 aliphatic carbocycles. The summed E-state index contributed by atoms with van der Waals surface area (Å²) in [5, 5.41) is 4.57. The van der Waals surface area contributed by atoms with E-state index in [-0.39, 0.29) is 52.7 Å². The van der Waals surface area contributed by atoms with Gasteiger partial charge in [0.05, 0.1) is 40.4 Å². The monoisotopic (exact) mass is 1690 g/mol. The Kier molecular flexibility index (Phi) is 15.8. The van der Waals surface area contributed by atoms with E-state index in [0.29, 0.717) is 5.56 Å². The van der Waals surface area contributed by atoms with Gasteiger partial charge in [-0.05, 0) is 264 Å². The Morgan fingerprint density at radius 3 is 1.23 bits per heavy atom. The number of rotatable bonds is 9. The van der Waals surface area contributed by atoms with Gasteiger partial charge in [-0.1, -0.05) is 359 Å². The highest BCUT2D eigenvalue weighted by Crippen LogP contribution is 2.65. The van der Waals surface area contributed by atoms with Crippen molar-refractivity contribution in [3.8, 4) is 72.4 Å². The summed E-state index contributed by atoms with van der Waals surface area (Å²) in [5.41, 5.74) is 42.3. The van der Waals surface area contributed by atoms with Crippen LogP contribution in [0.25, 0.3) is 105 Å². The normalized spacial score (nSPS) is 14.4. The lowest BCUT2D eigenvalue weighted by Crippen LogP contribution is -2.65. The molecule has 4 aliphatic heterocycles. The Bertz CT molecular complexity index is 8340. The van der Waals surface area contributed by atoms with Gasteiger partial charge in [0.1, 0.15) is 0 Å². The molecule has 0 amide bonds. The Hall–Kier alpha value is -15.4. The largest absolute Gasteiger partial charge is 0.311 e. The number of aromatic nitrogens is 1. The molecule has 6 aliphatic rings. The SMILES string of the molecule is [2H]c1c([2H])c([2H])c(-c2ccc(N3c4cc5c(cc4B4c6ccccc6N(c6c(-c7ccccc7)cc(C(C)(C)C)cc6-c6ccccc6)c6cc(-n7c8ccc(C(C)(C)C)cc8c8cc(C(C)(C)C)ccc87)cc3c64)B3c4ccccc4N(c4ccccc4)c4c3c(cc3cc(-c6cccc7c6C6(c8ccccc8-c8ccccc86)c6ccccc6-7)ccc43)N5c3ccccc3)cc2)c([2H])c1[2H]. The van der Waals surface area contributed by atoms with Crippen molar-refractivity contribution in [3.05, 3.63) is 451 Å². The third-order valence-electron chi connectivity index (χ3n) is 29.4. The molecule has 0 unspecified atom stereocenters. The predicted molar refractivity (Wildman–Crippen MR) is 560 cm³/mol. The fraction of sp³-hybridized carbons (Fsp3) is 0.104. The summed E-state index contributed by atoms with van der Waals surface area (Å²) in [6.45, 7) is 20.1. The zero-order chi connectivity index (χ0) is 92.9. The van der Waals surface area contributed by atoms with Crippen molar-refractivity contribution in [1.82, 2.24) is 4.57 Å². The maximum absolute atomic E-state index is 9.51. The second-order valence-corrected chi connectivity index (χ2v) is 39.8. The topological polar surface area (TPSA) is 17.9 Å². The summed E-state index contributed by atoms with van der Waals surface area (Å²) in [4.78, 5) is 10.3. The molecule has 0 radical (unpaired) electrons. The summed E-state index contributed by atoms with van der Waals surface area (Å²) in [7, 11) is 0. The number of para-hydroxylation sites is 4. The minimum absolute atomic E-state index is 0.140. The third-order valence-corrected chi connectivity index (χ3v) is 29.4. The molecule has 1 aromatic heterocycles. The van der Waals surface area contributed by atoms with Gasteiger partial charge in [0.25, 0.3) is 13.4 Å². The van der Waals surface area contributed by atoms with E-state index in [4.69, 9.17) is 4.11 Å². The van der Waals surface area contributed by atoms with E-state index < -0.39 is 18.2 Å². The van der Waals surface area contributed by atoms with E-state index >= 15 is 0 Å². The zero-order valence-electron chi connectivity index (χ0n) is 80.3. The molecule has 0 fully saturated rings. The minimum atomic E-state index is -0.600. The number of hydrogen-bond acceptors (Lipinski definition) is 4. The molecule has 5 heterocycles. The van der Waals surface area contributed by atoms with Gasteiger partial charge >= 0.3 is 0 Å². The van der Waals surface area contributed by atoms with Gasteiger partial charge in [0.2, 0.25) is 0 Å². The number of nitrogens with zero attached hydrogens (tertiary/aromatic N) is 5. The molecule has 1 spiro atoms. The highest BCUT2D eigenvalue weighted by atomic mass is 15.2. The van der Waals surface area contributed by atoms with Crippen molar-refractivity contribution < 1.29 is 6.85 Å². The number of fused-ring (bicyclic) bond motifs is 23. The van der Waals surface area contributed by atoms with Crippen molar-refractivity contribution in [2.75, 3.05) is 19.6 Å². The van der Waals surface area contributed by atoms with Gasteiger partial charge in [0.15, 0.2) is 0 Å². The molecule has 0 atom stereocenters. The van der Waals surface area contributed by atoms with Crippen LogP contribution in [0.5, 0.6) is 0 Å². The average Bonchev–Trinajstić information content (AvgIpc) is 1.32. The Morgan fingerprint density at radius 2 is 0.689 bits per heavy atom. The molecular formula is C125H95B2N5. The number of hydrogen-bond donors (Lipinski definition) is 0. The first-order chi connectivity index (χ1) is 66.5. The molecule has 0 saturated heterocycles. The first-order valence-electron chi connectivity index (χ1n) is 48.9. The van der Waals surface area contributed by atoms with Crippen LogP contribution >= 0.6 is 0 Å². The van der Waals surface area contributed by atoms with Crippen molar-refractivity contribution in [3.63, 3.8) is 0 Å². The van der Waals surface area contributed by atoms with Gasteiger partial charge in [-0.15, -0.1) is 0 Å². The van der Waals surface area contributed by atoms with Crippen LogP contribution in [0.15, 0.2) is 412 Å². The fourth-order valence-corrected chi connectivity index (χ4v) is 23.5. The predicted octanol–water partition coefficient (Wildman–Crippen LogP) is 29.0. The van der Waals surface area contributed by atoms with Crippen molar-refractivity contribution in [2.45, 2.75) is 84.0 Å². The zero-order valence-corrected chi connectivity index (χ0v) is 75.3. The quantitative estimate of drug-likeness (QED) is 0.134. The summed E-state index contributed by atoms with van der Waals surface area (Å²) >= 11 is 0. The van der Waals surface area contributed by atoms with Crippen LogP contribution in [0.4, 0.5) is 68.2 Å². The number of anilines is 12. The van der Waals surface area contributed by atoms with E-state index in [1.54, 1.807) is 0 Å².